The predicted octanol–water partition coefficient (Wildman–Crippen LogP) is 4.33. The van der Waals surface area contributed by atoms with Crippen LogP contribution in [0.15, 0.2) is 48.5 Å². The van der Waals surface area contributed by atoms with Crippen molar-refractivity contribution in [1.29, 1.82) is 5.26 Å². The molecule has 1 aromatic heterocycles. The minimum Gasteiger partial charge on any atom is -0.481 e. The van der Waals surface area contributed by atoms with E-state index in [4.69, 9.17) is 9.84 Å². The smallest absolute Gasteiger partial charge is 0.407 e. The first-order chi connectivity index (χ1) is 20.4. The lowest BCUT2D eigenvalue weighted by Crippen LogP contribution is -2.45. The van der Waals surface area contributed by atoms with E-state index in [0.29, 0.717) is 48.0 Å². The maximum Gasteiger partial charge on any atom is 0.407 e. The molecule has 0 bridgehead atoms. The molecule has 43 heavy (non-hydrogen) atoms. The summed E-state index contributed by atoms with van der Waals surface area (Å²) in [5.41, 5.74) is 2.16. The zero-order valence-corrected chi connectivity index (χ0v) is 24.6. The molecule has 3 amide bonds. The zero-order valence-electron chi connectivity index (χ0n) is 24.6. The Morgan fingerprint density at radius 3 is 2.33 bits per heavy atom. The van der Waals surface area contributed by atoms with E-state index in [-0.39, 0.29) is 43.4 Å². The molecule has 0 radical (unpaired) electrons. The second-order valence-corrected chi connectivity index (χ2v) is 11.8. The largest absolute Gasteiger partial charge is 0.481 e. The third-order valence-corrected chi connectivity index (χ3v) is 7.20. The summed E-state index contributed by atoms with van der Waals surface area (Å²) in [5, 5.41) is 27.8. The lowest BCUT2D eigenvalue weighted by Gasteiger charge is -2.30. The van der Waals surface area contributed by atoms with Crippen molar-refractivity contribution in [3.05, 3.63) is 70.9 Å². The highest BCUT2D eigenvalue weighted by molar-refractivity contribution is 5.99. The lowest BCUT2D eigenvalue weighted by atomic mass is 9.91. The van der Waals surface area contributed by atoms with Crippen LogP contribution in [0.4, 0.5) is 4.79 Å². The number of aliphatic carboxylic acids is 1. The molecule has 1 aliphatic rings. The second kappa shape index (κ2) is 13.4. The average Bonchev–Trinajstić information content (AvgIpc) is 3.30. The topological polar surface area (TPSA) is 163 Å². The number of alkyl carbamates (subject to hydrolysis) is 1. The van der Waals surface area contributed by atoms with Gasteiger partial charge < -0.3 is 30.4 Å². The number of carboxylic acid groups (broad SMARTS) is 1. The number of amides is 3. The third-order valence-electron chi connectivity index (χ3n) is 7.20. The number of carbonyl (C=O) groups excluding carboxylic acids is 3. The Balaban J connectivity index is 1.49. The number of carboxylic acids is 1. The van der Waals surface area contributed by atoms with Crippen LogP contribution in [0.3, 0.4) is 0 Å². The Hall–Kier alpha value is -4.85. The van der Waals surface area contributed by atoms with Crippen molar-refractivity contribution in [3.63, 3.8) is 0 Å². The summed E-state index contributed by atoms with van der Waals surface area (Å²) in [7, 11) is 0. The number of nitriles is 1. The van der Waals surface area contributed by atoms with Gasteiger partial charge in [0.2, 0.25) is 0 Å². The van der Waals surface area contributed by atoms with E-state index in [1.54, 1.807) is 42.5 Å². The summed E-state index contributed by atoms with van der Waals surface area (Å²) in [6, 6.07) is 16.0. The van der Waals surface area contributed by atoms with Gasteiger partial charge in [0.15, 0.2) is 0 Å². The maximum atomic E-state index is 13.6. The van der Waals surface area contributed by atoms with Crippen molar-refractivity contribution in [1.82, 2.24) is 20.5 Å². The molecule has 1 fully saturated rings. The molecule has 4 N–H and O–H groups in total. The molecule has 3 aromatic rings. The van der Waals surface area contributed by atoms with Gasteiger partial charge in [-0.2, -0.15) is 5.26 Å². The highest BCUT2D eigenvalue weighted by atomic mass is 16.6. The number of rotatable bonds is 9. The van der Waals surface area contributed by atoms with E-state index >= 15 is 0 Å². The van der Waals surface area contributed by atoms with E-state index in [1.807, 2.05) is 31.4 Å². The normalized spacial score (nSPS) is 16.6. The van der Waals surface area contributed by atoms with Gasteiger partial charge in [0.05, 0.1) is 23.6 Å². The first-order valence-corrected chi connectivity index (χ1v) is 14.3. The summed E-state index contributed by atoms with van der Waals surface area (Å²) >= 11 is 0. The summed E-state index contributed by atoms with van der Waals surface area (Å²) in [4.78, 5) is 49.1. The molecule has 1 heterocycles. The SMILES string of the molecule is CC(C)(C)OC(=O)NC1CCC(NC(=O)c2cc3ccc(C#N)cc3n2Cc2cccc(C(=O)NCCC(=O)O)c2)CC1. The van der Waals surface area contributed by atoms with E-state index in [2.05, 4.69) is 22.0 Å². The van der Waals surface area contributed by atoms with E-state index in [9.17, 15) is 24.4 Å². The standard InChI is InChI=1S/C32H37N5O6/c1-32(2,3)43-31(42)36-25-11-9-24(10-12-25)35-30(41)27-17-22-8-7-20(18-33)16-26(22)37(27)19-21-5-4-6-23(15-21)29(40)34-14-13-28(38)39/h4-8,15-17,24-25H,9-14,19H2,1-3H3,(H,34,40)(H,35,41)(H,36,42)(H,38,39). The van der Waals surface area contributed by atoms with Crippen molar-refractivity contribution < 1.29 is 29.0 Å². The molecule has 0 aliphatic heterocycles. The fraction of sp³-hybridized carbons (Fsp3) is 0.406. The van der Waals surface area contributed by atoms with Crippen LogP contribution in [0.2, 0.25) is 0 Å². The number of nitrogens with one attached hydrogen (secondary N) is 3. The van der Waals surface area contributed by atoms with Crippen LogP contribution in [0.25, 0.3) is 10.9 Å². The van der Waals surface area contributed by atoms with Gasteiger partial charge in [0.25, 0.3) is 11.8 Å². The molecule has 11 nitrogen and oxygen atoms in total. The number of fused-ring (bicyclic) bond motifs is 1. The van der Waals surface area contributed by atoms with E-state index < -0.39 is 17.7 Å². The minimum atomic E-state index is -0.999. The average molecular weight is 588 g/mol. The van der Waals surface area contributed by atoms with Gasteiger partial charge in [0, 0.05) is 36.1 Å². The van der Waals surface area contributed by atoms with E-state index in [1.165, 1.54) is 0 Å². The summed E-state index contributed by atoms with van der Waals surface area (Å²) < 4.78 is 7.19. The Bertz CT molecular complexity index is 1560. The number of hydrogen-bond acceptors (Lipinski definition) is 6. The summed E-state index contributed by atoms with van der Waals surface area (Å²) in [6.07, 6.45) is 2.19. The van der Waals surface area contributed by atoms with Crippen molar-refractivity contribution in [3.8, 4) is 6.07 Å². The molecular weight excluding hydrogens is 550 g/mol. The zero-order chi connectivity index (χ0) is 31.1. The molecule has 4 rings (SSSR count). The molecule has 0 spiro atoms. The van der Waals surface area contributed by atoms with Crippen molar-refractivity contribution in [2.45, 2.75) is 77.1 Å². The Morgan fingerprint density at radius 1 is 0.977 bits per heavy atom. The van der Waals surface area contributed by atoms with Crippen LogP contribution >= 0.6 is 0 Å². The summed E-state index contributed by atoms with van der Waals surface area (Å²) in [5.74, 6) is -1.63. The number of carbonyl (C=O) groups is 4. The van der Waals surface area contributed by atoms with Gasteiger partial charge in [0.1, 0.15) is 11.3 Å². The van der Waals surface area contributed by atoms with Gasteiger partial charge in [-0.15, -0.1) is 0 Å². The van der Waals surface area contributed by atoms with Crippen molar-refractivity contribution in [2.24, 2.45) is 0 Å². The molecule has 1 saturated carbocycles. The lowest BCUT2D eigenvalue weighted by molar-refractivity contribution is -0.136. The van der Waals surface area contributed by atoms with Crippen LogP contribution < -0.4 is 16.0 Å². The van der Waals surface area contributed by atoms with Gasteiger partial charge >= 0.3 is 12.1 Å². The second-order valence-electron chi connectivity index (χ2n) is 11.8. The quantitative estimate of drug-likeness (QED) is 0.290. The van der Waals surface area contributed by atoms with Gasteiger partial charge in [-0.3, -0.25) is 14.4 Å². The first-order valence-electron chi connectivity index (χ1n) is 14.3. The Kier molecular flexibility index (Phi) is 9.70. The number of nitrogens with zero attached hydrogens (tertiary/aromatic N) is 2. The maximum absolute atomic E-state index is 13.6. The first kappa shape index (κ1) is 31.1. The van der Waals surface area contributed by atoms with Gasteiger partial charge in [-0.05, 0) is 82.3 Å². The molecular formula is C32H37N5O6. The monoisotopic (exact) mass is 587 g/mol. The van der Waals surface area contributed by atoms with Crippen LogP contribution in [0.5, 0.6) is 0 Å². The number of aromatic nitrogens is 1. The molecule has 0 atom stereocenters. The Labute approximate surface area is 250 Å². The van der Waals surface area contributed by atoms with Crippen LogP contribution in [0.1, 0.15) is 84.8 Å². The van der Waals surface area contributed by atoms with Crippen molar-refractivity contribution >= 4 is 34.8 Å². The number of hydrogen-bond donors (Lipinski definition) is 4. The highest BCUT2D eigenvalue weighted by Crippen LogP contribution is 2.25. The van der Waals surface area contributed by atoms with Crippen LogP contribution in [-0.2, 0) is 16.1 Å². The summed E-state index contributed by atoms with van der Waals surface area (Å²) in [6.45, 7) is 5.73. The number of benzene rings is 2. The van der Waals surface area contributed by atoms with Crippen LogP contribution in [0, 0.1) is 11.3 Å². The molecule has 2 aromatic carbocycles. The minimum absolute atomic E-state index is 0.0147. The molecule has 0 unspecified atom stereocenters. The van der Waals surface area contributed by atoms with Gasteiger partial charge in [-0.1, -0.05) is 18.2 Å². The predicted molar refractivity (Wildman–Crippen MR) is 160 cm³/mol. The van der Waals surface area contributed by atoms with Crippen LogP contribution in [-0.4, -0.2) is 57.8 Å². The van der Waals surface area contributed by atoms with Gasteiger partial charge in [-0.25, -0.2) is 4.79 Å². The number of ether oxygens (including phenoxy) is 1. The third kappa shape index (κ3) is 8.58. The Morgan fingerprint density at radius 2 is 1.67 bits per heavy atom. The fourth-order valence-corrected chi connectivity index (χ4v) is 5.18. The molecule has 11 heteroatoms. The molecule has 1 aliphatic carbocycles. The van der Waals surface area contributed by atoms with Crippen molar-refractivity contribution in [2.75, 3.05) is 6.54 Å². The fourth-order valence-electron chi connectivity index (χ4n) is 5.18. The van der Waals surface area contributed by atoms with E-state index in [0.717, 1.165) is 10.9 Å². The highest BCUT2D eigenvalue weighted by Gasteiger charge is 2.27. The molecule has 0 saturated heterocycles. The molecule has 226 valence electrons.